The fourth-order valence-corrected chi connectivity index (χ4v) is 1.18. The van der Waals surface area contributed by atoms with Crippen molar-refractivity contribution in [2.24, 2.45) is 0 Å². The van der Waals surface area contributed by atoms with Gasteiger partial charge < -0.3 is 10.6 Å². The predicted octanol–water partition coefficient (Wildman–Crippen LogP) is 0.986. The predicted molar refractivity (Wildman–Crippen MR) is 59.6 cm³/mol. The Hall–Kier alpha value is -1.23. The van der Waals surface area contributed by atoms with Crippen molar-refractivity contribution >= 4 is 23.3 Å². The van der Waals surface area contributed by atoms with Gasteiger partial charge >= 0.3 is 0 Å². The number of nitrogen functional groups attached to an aromatic ring is 1. The van der Waals surface area contributed by atoms with Crippen LogP contribution in [0.25, 0.3) is 0 Å². The standard InChI is InChI=1S/C9H15ClN4O/c1-6(2)13(3)8(15)5-14-4-7(10)9(11)12-14/h4,6H,5H2,1-3H3,(H2,11,12). The van der Waals surface area contributed by atoms with E-state index in [-0.39, 0.29) is 24.3 Å². The zero-order chi connectivity index (χ0) is 11.6. The number of amides is 1. The molecule has 0 aliphatic carbocycles. The molecule has 0 saturated carbocycles. The van der Waals surface area contributed by atoms with Gasteiger partial charge in [0, 0.05) is 19.3 Å². The van der Waals surface area contributed by atoms with Crippen LogP contribution in [-0.2, 0) is 11.3 Å². The van der Waals surface area contributed by atoms with Crippen molar-refractivity contribution in [2.45, 2.75) is 26.4 Å². The zero-order valence-corrected chi connectivity index (χ0v) is 9.82. The number of carbonyl (C=O) groups excluding carboxylic acids is 1. The molecule has 0 aliphatic rings. The van der Waals surface area contributed by atoms with Crippen LogP contribution in [0.4, 0.5) is 5.82 Å². The Morgan fingerprint density at radius 1 is 1.73 bits per heavy atom. The number of halogens is 1. The summed E-state index contributed by atoms with van der Waals surface area (Å²) in [6.45, 7) is 4.05. The van der Waals surface area contributed by atoms with Crippen LogP contribution in [-0.4, -0.2) is 33.7 Å². The topological polar surface area (TPSA) is 64.2 Å². The van der Waals surface area contributed by atoms with Crippen LogP contribution in [0.1, 0.15) is 13.8 Å². The molecule has 1 aromatic rings. The highest BCUT2D eigenvalue weighted by Crippen LogP contribution is 2.15. The van der Waals surface area contributed by atoms with Gasteiger partial charge in [0.25, 0.3) is 0 Å². The lowest BCUT2D eigenvalue weighted by molar-refractivity contribution is -0.132. The van der Waals surface area contributed by atoms with E-state index in [2.05, 4.69) is 5.10 Å². The average molecular weight is 231 g/mol. The molecule has 84 valence electrons. The first kappa shape index (κ1) is 11.8. The third-order valence-electron chi connectivity index (χ3n) is 2.21. The van der Waals surface area contributed by atoms with Crippen molar-refractivity contribution in [1.29, 1.82) is 0 Å². The van der Waals surface area contributed by atoms with Gasteiger partial charge in [0.2, 0.25) is 5.91 Å². The van der Waals surface area contributed by atoms with Crippen LogP contribution >= 0.6 is 11.6 Å². The molecule has 0 unspecified atom stereocenters. The lowest BCUT2D eigenvalue weighted by Crippen LogP contribution is -2.35. The number of likely N-dealkylation sites (N-methyl/N-ethyl adjacent to an activating group) is 1. The first-order chi connectivity index (χ1) is 6.91. The zero-order valence-electron chi connectivity index (χ0n) is 9.07. The molecular formula is C9H15ClN4O. The summed E-state index contributed by atoms with van der Waals surface area (Å²) in [7, 11) is 1.75. The average Bonchev–Trinajstić information content (AvgIpc) is 2.44. The molecule has 15 heavy (non-hydrogen) atoms. The smallest absolute Gasteiger partial charge is 0.244 e. The van der Waals surface area contributed by atoms with Crippen LogP contribution in [0, 0.1) is 0 Å². The SMILES string of the molecule is CC(C)N(C)C(=O)Cn1cc(Cl)c(N)n1. The number of rotatable bonds is 3. The summed E-state index contributed by atoms with van der Waals surface area (Å²) in [5, 5.41) is 4.28. The van der Waals surface area contributed by atoms with Gasteiger partial charge in [-0.25, -0.2) is 0 Å². The first-order valence-corrected chi connectivity index (χ1v) is 5.03. The van der Waals surface area contributed by atoms with Crippen LogP contribution in [0.15, 0.2) is 6.20 Å². The number of hydrogen-bond acceptors (Lipinski definition) is 3. The van der Waals surface area contributed by atoms with Crippen LogP contribution in [0.2, 0.25) is 5.02 Å². The monoisotopic (exact) mass is 230 g/mol. The normalized spacial score (nSPS) is 10.7. The number of anilines is 1. The highest BCUT2D eigenvalue weighted by atomic mass is 35.5. The molecule has 1 amide bonds. The first-order valence-electron chi connectivity index (χ1n) is 4.66. The fraction of sp³-hybridized carbons (Fsp3) is 0.556. The number of nitrogens with zero attached hydrogens (tertiary/aromatic N) is 3. The summed E-state index contributed by atoms with van der Waals surface area (Å²) in [4.78, 5) is 13.3. The Morgan fingerprint density at radius 2 is 2.33 bits per heavy atom. The molecule has 1 heterocycles. The number of carbonyl (C=O) groups is 1. The van der Waals surface area contributed by atoms with Gasteiger partial charge in [0.1, 0.15) is 11.6 Å². The second kappa shape index (κ2) is 4.53. The molecule has 6 heteroatoms. The lowest BCUT2D eigenvalue weighted by Gasteiger charge is -2.21. The maximum absolute atomic E-state index is 11.7. The van der Waals surface area contributed by atoms with Crippen LogP contribution < -0.4 is 5.73 Å². The summed E-state index contributed by atoms with van der Waals surface area (Å²) in [6, 6.07) is 0.167. The summed E-state index contributed by atoms with van der Waals surface area (Å²) in [5.41, 5.74) is 5.46. The van der Waals surface area contributed by atoms with E-state index >= 15 is 0 Å². The van der Waals surface area contributed by atoms with Gasteiger partial charge in [-0.3, -0.25) is 9.48 Å². The van der Waals surface area contributed by atoms with Crippen molar-refractivity contribution in [3.63, 3.8) is 0 Å². The Kier molecular flexibility index (Phi) is 3.57. The largest absolute Gasteiger partial charge is 0.381 e. The number of aromatic nitrogens is 2. The highest BCUT2D eigenvalue weighted by molar-refractivity contribution is 6.32. The Morgan fingerprint density at radius 3 is 2.73 bits per heavy atom. The Bertz CT molecular complexity index is 341. The van der Waals surface area contributed by atoms with Gasteiger partial charge in [-0.15, -0.1) is 0 Å². The molecule has 5 nitrogen and oxygen atoms in total. The van der Waals surface area contributed by atoms with Crippen LogP contribution in [0.3, 0.4) is 0 Å². The van der Waals surface area contributed by atoms with E-state index < -0.39 is 0 Å². The summed E-state index contributed by atoms with van der Waals surface area (Å²) >= 11 is 5.72. The third kappa shape index (κ3) is 2.86. The van der Waals surface area contributed by atoms with Gasteiger partial charge in [-0.1, -0.05) is 11.6 Å². The van der Waals surface area contributed by atoms with Crippen molar-refractivity contribution in [2.75, 3.05) is 12.8 Å². The number of nitrogens with two attached hydrogens (primary N) is 1. The van der Waals surface area contributed by atoms with Gasteiger partial charge in [0.15, 0.2) is 5.82 Å². The molecular weight excluding hydrogens is 216 g/mol. The lowest BCUT2D eigenvalue weighted by atomic mass is 10.3. The minimum Gasteiger partial charge on any atom is -0.381 e. The molecule has 0 aliphatic heterocycles. The third-order valence-corrected chi connectivity index (χ3v) is 2.50. The van der Waals surface area contributed by atoms with Crippen molar-refractivity contribution in [1.82, 2.24) is 14.7 Å². The minimum absolute atomic E-state index is 0.0239. The molecule has 0 saturated heterocycles. The van der Waals surface area contributed by atoms with Gasteiger partial charge in [-0.2, -0.15) is 5.10 Å². The Labute approximate surface area is 93.8 Å². The molecule has 0 radical (unpaired) electrons. The quantitative estimate of drug-likeness (QED) is 0.842. The van der Waals surface area contributed by atoms with E-state index in [4.69, 9.17) is 17.3 Å². The summed E-state index contributed by atoms with van der Waals surface area (Å²) in [6.07, 6.45) is 1.54. The van der Waals surface area contributed by atoms with Crippen molar-refractivity contribution < 1.29 is 4.79 Å². The van der Waals surface area contributed by atoms with Crippen molar-refractivity contribution in [3.8, 4) is 0 Å². The molecule has 0 fully saturated rings. The second-order valence-electron chi connectivity index (χ2n) is 3.66. The maximum Gasteiger partial charge on any atom is 0.244 e. The van der Waals surface area contributed by atoms with Crippen LogP contribution in [0.5, 0.6) is 0 Å². The molecule has 0 atom stereocenters. The molecule has 2 N–H and O–H groups in total. The molecule has 1 rings (SSSR count). The minimum atomic E-state index is -0.0239. The van der Waals surface area contributed by atoms with Crippen molar-refractivity contribution in [3.05, 3.63) is 11.2 Å². The Balaban J connectivity index is 2.66. The van der Waals surface area contributed by atoms with Gasteiger partial charge in [-0.05, 0) is 13.8 Å². The second-order valence-corrected chi connectivity index (χ2v) is 4.07. The van der Waals surface area contributed by atoms with E-state index in [0.29, 0.717) is 5.02 Å². The summed E-state index contributed by atoms with van der Waals surface area (Å²) in [5.74, 6) is 0.223. The number of hydrogen-bond donors (Lipinski definition) is 1. The van der Waals surface area contributed by atoms with E-state index in [1.54, 1.807) is 18.1 Å². The van der Waals surface area contributed by atoms with E-state index in [0.717, 1.165) is 0 Å². The molecule has 0 bridgehead atoms. The van der Waals surface area contributed by atoms with Gasteiger partial charge in [0.05, 0.1) is 0 Å². The highest BCUT2D eigenvalue weighted by Gasteiger charge is 2.13. The maximum atomic E-state index is 11.7. The van der Waals surface area contributed by atoms with E-state index in [1.807, 2.05) is 13.8 Å². The fourth-order valence-electron chi connectivity index (χ4n) is 1.03. The summed E-state index contributed by atoms with van der Waals surface area (Å²) < 4.78 is 1.44. The molecule has 0 spiro atoms. The van der Waals surface area contributed by atoms with E-state index in [9.17, 15) is 4.79 Å². The molecule has 1 aromatic heterocycles. The van der Waals surface area contributed by atoms with E-state index in [1.165, 1.54) is 4.68 Å². The molecule has 0 aromatic carbocycles.